The summed E-state index contributed by atoms with van der Waals surface area (Å²) in [5.41, 5.74) is 1.24. The van der Waals surface area contributed by atoms with Gasteiger partial charge in [0, 0.05) is 12.1 Å². The molecule has 1 aromatic carbocycles. The number of nitrogens with zero attached hydrogens (tertiary/aromatic N) is 1. The average molecular weight is 345 g/mol. The zero-order chi connectivity index (χ0) is 18.6. The zero-order valence-corrected chi connectivity index (χ0v) is 15.3. The molecule has 1 fully saturated rings. The van der Waals surface area contributed by atoms with E-state index < -0.39 is 30.3 Å². The third-order valence-electron chi connectivity index (χ3n) is 5.54. The summed E-state index contributed by atoms with van der Waals surface area (Å²) in [5, 5.41) is 9.34. The highest BCUT2D eigenvalue weighted by molar-refractivity contribution is 6.62. The number of aliphatic carboxylic acids is 1. The van der Waals surface area contributed by atoms with Gasteiger partial charge < -0.3 is 19.3 Å². The zero-order valence-electron chi connectivity index (χ0n) is 15.3. The SMILES string of the molecule is CCC(C(=O)O)N1Cc2ccc(B3OC(C)(C)C(C)(C)O3)cc2C1=O. The molecule has 0 bridgehead atoms. The van der Waals surface area contributed by atoms with E-state index in [0.29, 0.717) is 18.5 Å². The van der Waals surface area contributed by atoms with Crippen LogP contribution in [0.3, 0.4) is 0 Å². The number of amides is 1. The number of carbonyl (C=O) groups is 2. The molecular formula is C18H24BNO5. The first-order valence-electron chi connectivity index (χ1n) is 8.59. The summed E-state index contributed by atoms with van der Waals surface area (Å²) in [6, 6.07) is 4.72. The Bertz CT molecular complexity index is 714. The molecule has 1 saturated heterocycles. The summed E-state index contributed by atoms with van der Waals surface area (Å²) < 4.78 is 12.1. The predicted molar refractivity (Wildman–Crippen MR) is 93.7 cm³/mol. The van der Waals surface area contributed by atoms with Crippen LogP contribution < -0.4 is 5.46 Å². The van der Waals surface area contributed by atoms with Gasteiger partial charge in [-0.15, -0.1) is 0 Å². The molecule has 0 aliphatic carbocycles. The molecular weight excluding hydrogens is 321 g/mol. The number of rotatable bonds is 4. The van der Waals surface area contributed by atoms with Gasteiger partial charge in [-0.25, -0.2) is 4.79 Å². The second-order valence-corrected chi connectivity index (χ2v) is 7.70. The van der Waals surface area contributed by atoms with Crippen LogP contribution in [0.2, 0.25) is 0 Å². The summed E-state index contributed by atoms with van der Waals surface area (Å²) >= 11 is 0. The van der Waals surface area contributed by atoms with Crippen LogP contribution in [0.25, 0.3) is 0 Å². The molecule has 0 aromatic heterocycles. The van der Waals surface area contributed by atoms with Crippen LogP contribution in [-0.2, 0) is 20.6 Å². The molecule has 3 rings (SSSR count). The van der Waals surface area contributed by atoms with Crippen molar-refractivity contribution in [2.24, 2.45) is 0 Å². The number of carbonyl (C=O) groups excluding carboxylic acids is 1. The lowest BCUT2D eigenvalue weighted by Gasteiger charge is -2.32. The van der Waals surface area contributed by atoms with Crippen LogP contribution in [0.1, 0.15) is 57.0 Å². The molecule has 2 heterocycles. The quantitative estimate of drug-likeness (QED) is 0.843. The molecule has 7 heteroatoms. The molecule has 1 unspecified atom stereocenters. The number of benzene rings is 1. The largest absolute Gasteiger partial charge is 0.494 e. The molecule has 0 saturated carbocycles. The predicted octanol–water partition coefficient (Wildman–Crippen LogP) is 1.80. The van der Waals surface area contributed by atoms with Crippen molar-refractivity contribution in [3.05, 3.63) is 29.3 Å². The lowest BCUT2D eigenvalue weighted by atomic mass is 9.78. The van der Waals surface area contributed by atoms with E-state index in [2.05, 4.69) is 0 Å². The minimum Gasteiger partial charge on any atom is -0.480 e. The molecule has 6 nitrogen and oxygen atoms in total. The third kappa shape index (κ3) is 2.85. The Labute approximate surface area is 148 Å². The fourth-order valence-corrected chi connectivity index (χ4v) is 3.25. The number of fused-ring (bicyclic) bond motifs is 1. The summed E-state index contributed by atoms with van der Waals surface area (Å²) in [6.45, 7) is 10.0. The van der Waals surface area contributed by atoms with Crippen molar-refractivity contribution in [2.75, 3.05) is 0 Å². The van der Waals surface area contributed by atoms with Crippen molar-refractivity contribution in [3.8, 4) is 0 Å². The standard InChI is InChI=1S/C18H24BNO5/c1-6-14(16(22)23)20-10-11-7-8-12(9-13(11)15(20)21)19-24-17(2,3)18(4,5)25-19/h7-9,14H,6,10H2,1-5H3,(H,22,23). The van der Waals surface area contributed by atoms with Gasteiger partial charge in [0.05, 0.1) is 11.2 Å². The first kappa shape index (κ1) is 18.0. The number of carboxylic acids is 1. The molecule has 134 valence electrons. The molecule has 2 aliphatic heterocycles. The second kappa shape index (κ2) is 5.85. The van der Waals surface area contributed by atoms with Gasteiger partial charge in [0.2, 0.25) is 0 Å². The fourth-order valence-electron chi connectivity index (χ4n) is 3.25. The summed E-state index contributed by atoms with van der Waals surface area (Å²) in [7, 11) is -0.543. The van der Waals surface area contributed by atoms with E-state index in [9.17, 15) is 14.7 Å². The van der Waals surface area contributed by atoms with Gasteiger partial charge >= 0.3 is 13.1 Å². The van der Waals surface area contributed by atoms with Crippen molar-refractivity contribution < 1.29 is 24.0 Å². The van der Waals surface area contributed by atoms with Crippen LogP contribution in [0.5, 0.6) is 0 Å². The molecule has 1 amide bonds. The molecule has 0 spiro atoms. The number of carboxylic acid groups (broad SMARTS) is 1. The van der Waals surface area contributed by atoms with E-state index in [4.69, 9.17) is 9.31 Å². The Morgan fingerprint density at radius 1 is 1.28 bits per heavy atom. The van der Waals surface area contributed by atoms with Crippen molar-refractivity contribution in [3.63, 3.8) is 0 Å². The topological polar surface area (TPSA) is 76.1 Å². The molecule has 25 heavy (non-hydrogen) atoms. The Kier molecular flexibility index (Phi) is 4.20. The van der Waals surface area contributed by atoms with E-state index in [-0.39, 0.29) is 5.91 Å². The monoisotopic (exact) mass is 345 g/mol. The molecule has 0 radical (unpaired) electrons. The normalized spacial score (nSPS) is 22.2. The maximum absolute atomic E-state index is 12.7. The Balaban J connectivity index is 1.88. The minimum absolute atomic E-state index is 0.248. The van der Waals surface area contributed by atoms with E-state index >= 15 is 0 Å². The number of hydrogen-bond acceptors (Lipinski definition) is 4. The third-order valence-corrected chi connectivity index (χ3v) is 5.54. The van der Waals surface area contributed by atoms with Crippen molar-refractivity contribution in [1.82, 2.24) is 4.90 Å². The minimum atomic E-state index is -0.977. The molecule has 2 aliphatic rings. The highest BCUT2D eigenvalue weighted by Gasteiger charge is 2.52. The lowest BCUT2D eigenvalue weighted by Crippen LogP contribution is -2.41. The van der Waals surface area contributed by atoms with Crippen molar-refractivity contribution in [2.45, 2.75) is 64.8 Å². The Morgan fingerprint density at radius 3 is 2.40 bits per heavy atom. The van der Waals surface area contributed by atoms with E-state index in [0.717, 1.165) is 11.0 Å². The van der Waals surface area contributed by atoms with Gasteiger partial charge in [-0.05, 0) is 51.2 Å². The number of hydrogen-bond donors (Lipinski definition) is 1. The van der Waals surface area contributed by atoms with Crippen LogP contribution in [0.4, 0.5) is 0 Å². The van der Waals surface area contributed by atoms with Crippen LogP contribution in [0, 0.1) is 0 Å². The van der Waals surface area contributed by atoms with Crippen LogP contribution in [-0.4, -0.2) is 46.2 Å². The Morgan fingerprint density at radius 2 is 1.88 bits per heavy atom. The van der Waals surface area contributed by atoms with Gasteiger partial charge in [0.15, 0.2) is 0 Å². The summed E-state index contributed by atoms with van der Waals surface area (Å²) in [4.78, 5) is 25.5. The van der Waals surface area contributed by atoms with Crippen LogP contribution in [0.15, 0.2) is 18.2 Å². The van der Waals surface area contributed by atoms with Gasteiger partial charge in [0.1, 0.15) is 6.04 Å². The van der Waals surface area contributed by atoms with Crippen LogP contribution >= 0.6 is 0 Å². The molecule has 1 aromatic rings. The highest BCUT2D eigenvalue weighted by atomic mass is 16.7. The Hall–Kier alpha value is -1.86. The van der Waals surface area contributed by atoms with Gasteiger partial charge in [-0.3, -0.25) is 4.79 Å². The average Bonchev–Trinajstić information content (AvgIpc) is 2.94. The maximum Gasteiger partial charge on any atom is 0.494 e. The van der Waals surface area contributed by atoms with Crippen molar-refractivity contribution >= 4 is 24.5 Å². The first-order valence-corrected chi connectivity index (χ1v) is 8.59. The summed E-state index contributed by atoms with van der Waals surface area (Å²) in [5.74, 6) is -1.22. The smallest absolute Gasteiger partial charge is 0.480 e. The highest BCUT2D eigenvalue weighted by Crippen LogP contribution is 2.36. The molecule has 1 N–H and O–H groups in total. The molecule has 1 atom stereocenters. The van der Waals surface area contributed by atoms with E-state index in [1.54, 1.807) is 13.0 Å². The van der Waals surface area contributed by atoms with Gasteiger partial charge in [-0.1, -0.05) is 19.1 Å². The van der Waals surface area contributed by atoms with E-state index in [1.165, 1.54) is 4.90 Å². The van der Waals surface area contributed by atoms with Crippen molar-refractivity contribution in [1.29, 1.82) is 0 Å². The second-order valence-electron chi connectivity index (χ2n) is 7.70. The lowest BCUT2D eigenvalue weighted by molar-refractivity contribution is -0.142. The fraction of sp³-hybridized carbons (Fsp3) is 0.556. The first-order chi connectivity index (χ1) is 11.6. The van der Waals surface area contributed by atoms with Gasteiger partial charge in [-0.2, -0.15) is 0 Å². The van der Waals surface area contributed by atoms with E-state index in [1.807, 2.05) is 39.8 Å². The van der Waals surface area contributed by atoms with Gasteiger partial charge in [0.25, 0.3) is 5.91 Å². The maximum atomic E-state index is 12.7. The summed E-state index contributed by atoms with van der Waals surface area (Å²) in [6.07, 6.45) is 0.374.